The summed E-state index contributed by atoms with van der Waals surface area (Å²) < 4.78 is 38.3. The van der Waals surface area contributed by atoms with Crippen LogP contribution < -0.4 is 11.1 Å². The van der Waals surface area contributed by atoms with Crippen molar-refractivity contribution in [3.63, 3.8) is 0 Å². The smallest absolute Gasteiger partial charge is 0.352 e. The summed E-state index contributed by atoms with van der Waals surface area (Å²) in [6, 6.07) is 0. The van der Waals surface area contributed by atoms with E-state index in [4.69, 9.17) is 5.73 Å². The predicted octanol–water partition coefficient (Wildman–Crippen LogP) is -0.402. The van der Waals surface area contributed by atoms with Crippen LogP contribution in [0.5, 0.6) is 0 Å². The summed E-state index contributed by atoms with van der Waals surface area (Å²) in [5.41, 5.74) is 4.85. The molecule has 0 rings (SSSR count). The van der Waals surface area contributed by atoms with Crippen LogP contribution in [0.15, 0.2) is 0 Å². The third kappa shape index (κ3) is 7.29. The van der Waals surface area contributed by atoms with Gasteiger partial charge in [0.15, 0.2) is 0 Å². The molecule has 0 saturated carbocycles. The van der Waals surface area contributed by atoms with Gasteiger partial charge >= 0.3 is 6.18 Å². The van der Waals surface area contributed by atoms with Crippen LogP contribution in [0, 0.1) is 0 Å². The number of ether oxygens (including phenoxy) is 1. The van der Waals surface area contributed by atoms with Gasteiger partial charge < -0.3 is 15.8 Å². The first-order valence-corrected chi connectivity index (χ1v) is 3.07. The zero-order chi connectivity index (χ0) is 9.61. The molecule has 0 radical (unpaired) electrons. The number of nitrogens with one attached hydrogen (secondary N) is 1. The minimum absolute atomic E-state index is 0.268. The van der Waals surface area contributed by atoms with Crippen LogP contribution in [-0.4, -0.2) is 32.0 Å². The Bertz CT molecular complexity index is 148. The molecule has 0 heterocycles. The molecular weight excluding hydrogens is 177 g/mol. The van der Waals surface area contributed by atoms with Crippen molar-refractivity contribution in [3.05, 3.63) is 0 Å². The molecule has 0 spiro atoms. The molecule has 12 heavy (non-hydrogen) atoms. The highest BCUT2D eigenvalue weighted by Gasteiger charge is 2.27. The van der Waals surface area contributed by atoms with E-state index in [1.165, 1.54) is 0 Å². The van der Waals surface area contributed by atoms with Crippen molar-refractivity contribution in [1.29, 1.82) is 0 Å². The van der Waals surface area contributed by atoms with E-state index in [0.717, 1.165) is 0 Å². The largest absolute Gasteiger partial charge is 0.411 e. The molecule has 0 aromatic carbocycles. The molecular formula is C5H9F3N2O2. The van der Waals surface area contributed by atoms with Crippen molar-refractivity contribution in [1.82, 2.24) is 5.32 Å². The van der Waals surface area contributed by atoms with E-state index in [2.05, 4.69) is 4.74 Å². The molecule has 0 aliphatic carbocycles. The van der Waals surface area contributed by atoms with Gasteiger partial charge in [-0.2, -0.15) is 13.2 Å². The van der Waals surface area contributed by atoms with Gasteiger partial charge in [0.1, 0.15) is 13.3 Å². The van der Waals surface area contributed by atoms with Gasteiger partial charge in [-0.05, 0) is 0 Å². The summed E-state index contributed by atoms with van der Waals surface area (Å²) in [6.45, 7) is -2.12. The SMILES string of the molecule is NCC(=O)NCOCC(F)(F)F. The number of carbonyl (C=O) groups excluding carboxylic acids is 1. The lowest BCUT2D eigenvalue weighted by atomic mass is 10.6. The lowest BCUT2D eigenvalue weighted by Crippen LogP contribution is -2.33. The molecule has 0 aliphatic rings. The van der Waals surface area contributed by atoms with Gasteiger partial charge in [0, 0.05) is 0 Å². The van der Waals surface area contributed by atoms with Gasteiger partial charge in [0.05, 0.1) is 6.54 Å². The molecule has 0 aliphatic heterocycles. The molecule has 0 aromatic heterocycles. The third-order valence-corrected chi connectivity index (χ3v) is 0.823. The van der Waals surface area contributed by atoms with Crippen molar-refractivity contribution < 1.29 is 22.7 Å². The molecule has 0 fully saturated rings. The number of hydrogen-bond acceptors (Lipinski definition) is 3. The highest BCUT2D eigenvalue weighted by Crippen LogP contribution is 2.13. The standard InChI is InChI=1S/C5H9F3N2O2/c6-5(7,8)2-12-3-10-4(11)1-9/h1-3,9H2,(H,10,11). The topological polar surface area (TPSA) is 64.4 Å². The van der Waals surface area contributed by atoms with Crippen LogP contribution in [0.25, 0.3) is 0 Å². The molecule has 4 nitrogen and oxygen atoms in total. The Balaban J connectivity index is 3.28. The molecule has 3 N–H and O–H groups in total. The van der Waals surface area contributed by atoms with Crippen molar-refractivity contribution in [2.45, 2.75) is 6.18 Å². The first-order chi connectivity index (χ1) is 5.45. The number of hydrogen-bond donors (Lipinski definition) is 2. The Labute approximate surface area is 66.9 Å². The number of alkyl halides is 3. The van der Waals surface area contributed by atoms with E-state index in [9.17, 15) is 18.0 Å². The number of rotatable bonds is 4. The monoisotopic (exact) mass is 186 g/mol. The maximum Gasteiger partial charge on any atom is 0.411 e. The minimum Gasteiger partial charge on any atom is -0.352 e. The van der Waals surface area contributed by atoms with Crippen molar-refractivity contribution >= 4 is 5.91 Å². The quantitative estimate of drug-likeness (QED) is 0.463. The van der Waals surface area contributed by atoms with Gasteiger partial charge in [0.25, 0.3) is 0 Å². The van der Waals surface area contributed by atoms with Crippen LogP contribution in [0.3, 0.4) is 0 Å². The second-order valence-electron chi connectivity index (χ2n) is 1.91. The number of amides is 1. The normalized spacial score (nSPS) is 11.3. The van der Waals surface area contributed by atoms with Gasteiger partial charge in [-0.3, -0.25) is 4.79 Å². The second kappa shape index (κ2) is 4.94. The Morgan fingerprint density at radius 2 is 2.08 bits per heavy atom. The maximum absolute atomic E-state index is 11.4. The molecule has 0 aromatic rings. The van der Waals surface area contributed by atoms with E-state index in [-0.39, 0.29) is 6.54 Å². The molecule has 0 saturated heterocycles. The number of nitrogens with two attached hydrogens (primary N) is 1. The molecule has 0 unspecified atom stereocenters. The van der Waals surface area contributed by atoms with Crippen LogP contribution in [-0.2, 0) is 9.53 Å². The molecule has 0 bridgehead atoms. The third-order valence-electron chi connectivity index (χ3n) is 0.823. The van der Waals surface area contributed by atoms with Gasteiger partial charge in [-0.15, -0.1) is 0 Å². The highest BCUT2D eigenvalue weighted by atomic mass is 19.4. The number of carbonyl (C=O) groups is 1. The lowest BCUT2D eigenvalue weighted by molar-refractivity contribution is -0.176. The fourth-order valence-electron chi connectivity index (χ4n) is 0.370. The molecule has 1 amide bonds. The molecule has 0 atom stereocenters. The van der Waals surface area contributed by atoms with Crippen LogP contribution in [0.4, 0.5) is 13.2 Å². The highest BCUT2D eigenvalue weighted by molar-refractivity contribution is 5.77. The Morgan fingerprint density at radius 3 is 2.50 bits per heavy atom. The Kier molecular flexibility index (Phi) is 4.60. The van der Waals surface area contributed by atoms with E-state index >= 15 is 0 Å². The van der Waals surface area contributed by atoms with E-state index in [1.807, 2.05) is 5.32 Å². The lowest BCUT2D eigenvalue weighted by Gasteiger charge is -2.07. The fraction of sp³-hybridized carbons (Fsp3) is 0.800. The van der Waals surface area contributed by atoms with Crippen molar-refractivity contribution in [3.8, 4) is 0 Å². The minimum atomic E-state index is -4.37. The van der Waals surface area contributed by atoms with Crippen LogP contribution in [0.1, 0.15) is 0 Å². The molecule has 7 heteroatoms. The van der Waals surface area contributed by atoms with Crippen molar-refractivity contribution in [2.75, 3.05) is 19.9 Å². The number of halogens is 3. The summed E-state index contributed by atoms with van der Waals surface area (Å²) in [6.07, 6.45) is -4.37. The summed E-state index contributed by atoms with van der Waals surface area (Å²) in [4.78, 5) is 10.3. The van der Waals surface area contributed by atoms with E-state index < -0.39 is 25.4 Å². The Morgan fingerprint density at radius 1 is 1.50 bits per heavy atom. The summed E-state index contributed by atoms with van der Waals surface area (Å²) in [5.74, 6) is -0.558. The average Bonchev–Trinajstić information content (AvgIpc) is 1.96. The van der Waals surface area contributed by atoms with Crippen LogP contribution in [0.2, 0.25) is 0 Å². The van der Waals surface area contributed by atoms with Crippen LogP contribution >= 0.6 is 0 Å². The predicted molar refractivity (Wildman–Crippen MR) is 34.1 cm³/mol. The van der Waals surface area contributed by atoms with Gasteiger partial charge in [-0.1, -0.05) is 0 Å². The first-order valence-electron chi connectivity index (χ1n) is 3.07. The molecule has 72 valence electrons. The maximum atomic E-state index is 11.4. The summed E-state index contributed by atoms with van der Waals surface area (Å²) in [7, 11) is 0. The Hall–Kier alpha value is -0.820. The summed E-state index contributed by atoms with van der Waals surface area (Å²) in [5, 5.41) is 2.02. The first kappa shape index (κ1) is 11.2. The average molecular weight is 186 g/mol. The zero-order valence-corrected chi connectivity index (χ0v) is 6.15. The summed E-state index contributed by atoms with van der Waals surface area (Å²) >= 11 is 0. The van der Waals surface area contributed by atoms with Crippen molar-refractivity contribution in [2.24, 2.45) is 5.73 Å². The van der Waals surface area contributed by atoms with Gasteiger partial charge in [0.2, 0.25) is 5.91 Å². The zero-order valence-electron chi connectivity index (χ0n) is 6.15. The second-order valence-corrected chi connectivity index (χ2v) is 1.91. The van der Waals surface area contributed by atoms with E-state index in [1.54, 1.807) is 0 Å². The van der Waals surface area contributed by atoms with Gasteiger partial charge in [-0.25, -0.2) is 0 Å². The fourth-order valence-corrected chi connectivity index (χ4v) is 0.370. The van der Waals surface area contributed by atoms with E-state index in [0.29, 0.717) is 0 Å².